The van der Waals surface area contributed by atoms with Crippen molar-refractivity contribution in [3.05, 3.63) is 71.3 Å². The lowest BCUT2D eigenvalue weighted by Gasteiger charge is -2.24. The first-order valence-corrected chi connectivity index (χ1v) is 9.89. The number of amides is 1. The quantitative estimate of drug-likeness (QED) is 0.762. The Hall–Kier alpha value is -2.18. The molecule has 0 fully saturated rings. The van der Waals surface area contributed by atoms with Gasteiger partial charge in [0.15, 0.2) is 0 Å². The van der Waals surface area contributed by atoms with Gasteiger partial charge in [0.05, 0.1) is 12.8 Å². The Morgan fingerprint density at radius 2 is 1.56 bits per heavy atom. The van der Waals surface area contributed by atoms with Crippen molar-refractivity contribution in [1.29, 1.82) is 0 Å². The Morgan fingerprint density at radius 3 is 2.16 bits per heavy atom. The molecule has 25 heavy (non-hydrogen) atoms. The van der Waals surface area contributed by atoms with E-state index in [1.807, 2.05) is 61.5 Å². The largest absolute Gasteiger partial charge is 0.340 e. The molecule has 0 saturated heterocycles. The van der Waals surface area contributed by atoms with Crippen molar-refractivity contribution in [1.82, 2.24) is 9.21 Å². The van der Waals surface area contributed by atoms with Crippen LogP contribution >= 0.6 is 0 Å². The number of hydrogen-bond donors (Lipinski definition) is 0. The van der Waals surface area contributed by atoms with Gasteiger partial charge in [0.25, 0.3) is 0 Å². The molecule has 1 amide bonds. The van der Waals surface area contributed by atoms with Gasteiger partial charge in [0, 0.05) is 20.1 Å². The van der Waals surface area contributed by atoms with Crippen LogP contribution in [0.3, 0.4) is 0 Å². The summed E-state index contributed by atoms with van der Waals surface area (Å²) in [5.41, 5.74) is 2.90. The van der Waals surface area contributed by atoms with Gasteiger partial charge in [-0.2, -0.15) is 4.31 Å². The summed E-state index contributed by atoms with van der Waals surface area (Å²) in [6.07, 6.45) is 1.13. The molecule has 2 aromatic rings. The maximum atomic E-state index is 12.5. The molecule has 0 atom stereocenters. The summed E-state index contributed by atoms with van der Waals surface area (Å²) in [4.78, 5) is 14.0. The normalized spacial score (nSPS) is 11.5. The molecular formula is C19H24N2O3S. The third-order valence-electron chi connectivity index (χ3n) is 4.08. The Kier molecular flexibility index (Phi) is 6.33. The zero-order valence-electron chi connectivity index (χ0n) is 14.8. The summed E-state index contributed by atoms with van der Waals surface area (Å²) in [6, 6.07) is 17.2. The number of hydrogen-bond acceptors (Lipinski definition) is 3. The zero-order chi connectivity index (χ0) is 18.4. The first-order chi connectivity index (χ1) is 11.8. The highest BCUT2D eigenvalue weighted by Crippen LogP contribution is 2.13. The lowest BCUT2D eigenvalue weighted by Crippen LogP contribution is -2.40. The second-order valence-corrected chi connectivity index (χ2v) is 8.18. The molecule has 0 saturated carbocycles. The van der Waals surface area contributed by atoms with Crippen LogP contribution in [0.1, 0.15) is 16.7 Å². The van der Waals surface area contributed by atoms with Gasteiger partial charge in [0.1, 0.15) is 0 Å². The molecule has 0 unspecified atom stereocenters. The van der Waals surface area contributed by atoms with E-state index in [-0.39, 0.29) is 19.0 Å². The van der Waals surface area contributed by atoms with Crippen LogP contribution in [-0.2, 0) is 27.9 Å². The summed E-state index contributed by atoms with van der Waals surface area (Å²) >= 11 is 0. The molecule has 0 aliphatic carbocycles. The van der Waals surface area contributed by atoms with Crippen molar-refractivity contribution >= 4 is 15.9 Å². The number of carbonyl (C=O) groups is 1. The Bertz CT molecular complexity index is 820. The lowest BCUT2D eigenvalue weighted by atomic mass is 10.1. The molecule has 0 aliphatic rings. The van der Waals surface area contributed by atoms with Crippen LogP contribution in [0.2, 0.25) is 0 Å². The number of rotatable bonds is 7. The minimum atomic E-state index is -3.50. The fourth-order valence-electron chi connectivity index (χ4n) is 2.48. The van der Waals surface area contributed by atoms with Crippen LogP contribution in [0.4, 0.5) is 0 Å². The molecule has 0 N–H and O–H groups in total. The first kappa shape index (κ1) is 19.1. The number of sulfonamides is 1. The Labute approximate surface area is 149 Å². The third-order valence-corrected chi connectivity index (χ3v) is 5.27. The van der Waals surface area contributed by atoms with Crippen molar-refractivity contribution in [3.63, 3.8) is 0 Å². The molecule has 0 heterocycles. The van der Waals surface area contributed by atoms with Crippen molar-refractivity contribution in [2.24, 2.45) is 0 Å². The van der Waals surface area contributed by atoms with Gasteiger partial charge in [0.2, 0.25) is 15.9 Å². The molecule has 2 rings (SSSR count). The van der Waals surface area contributed by atoms with E-state index in [1.165, 1.54) is 4.31 Å². The third kappa shape index (κ3) is 5.69. The van der Waals surface area contributed by atoms with Crippen molar-refractivity contribution in [2.75, 3.05) is 19.8 Å². The smallest absolute Gasteiger partial charge is 0.237 e. The standard InChI is InChI=1S/C19H24N2O3S/c1-16-9-7-8-12-18(16)14-21(25(3,23)24)15-19(22)20(2)13-17-10-5-4-6-11-17/h4-12H,13-15H2,1-3H3. The van der Waals surface area contributed by atoms with Gasteiger partial charge in [-0.15, -0.1) is 0 Å². The average Bonchev–Trinajstić information content (AvgIpc) is 2.56. The highest BCUT2D eigenvalue weighted by molar-refractivity contribution is 7.88. The van der Waals surface area contributed by atoms with E-state index in [4.69, 9.17) is 0 Å². The van der Waals surface area contributed by atoms with E-state index in [9.17, 15) is 13.2 Å². The summed E-state index contributed by atoms with van der Waals surface area (Å²) in [5, 5.41) is 0. The van der Waals surface area contributed by atoms with Gasteiger partial charge in [-0.3, -0.25) is 4.79 Å². The summed E-state index contributed by atoms with van der Waals surface area (Å²) in [7, 11) is -1.81. The summed E-state index contributed by atoms with van der Waals surface area (Å²) < 4.78 is 25.5. The van der Waals surface area contributed by atoms with Crippen molar-refractivity contribution in [2.45, 2.75) is 20.0 Å². The van der Waals surface area contributed by atoms with E-state index >= 15 is 0 Å². The van der Waals surface area contributed by atoms with E-state index in [0.29, 0.717) is 6.54 Å². The van der Waals surface area contributed by atoms with Crippen LogP contribution in [-0.4, -0.2) is 43.4 Å². The van der Waals surface area contributed by atoms with Crippen LogP contribution in [0, 0.1) is 6.92 Å². The second-order valence-electron chi connectivity index (χ2n) is 6.19. The molecule has 0 aromatic heterocycles. The van der Waals surface area contributed by atoms with Gasteiger partial charge >= 0.3 is 0 Å². The Morgan fingerprint density at radius 1 is 0.960 bits per heavy atom. The summed E-state index contributed by atoms with van der Waals surface area (Å²) in [6.45, 7) is 2.40. The van der Waals surface area contributed by atoms with Gasteiger partial charge < -0.3 is 4.90 Å². The lowest BCUT2D eigenvalue weighted by molar-refractivity contribution is -0.130. The molecule has 0 aliphatic heterocycles. The predicted molar refractivity (Wildman–Crippen MR) is 99.3 cm³/mol. The van der Waals surface area contributed by atoms with Gasteiger partial charge in [-0.05, 0) is 23.6 Å². The van der Waals surface area contributed by atoms with E-state index in [1.54, 1.807) is 11.9 Å². The summed E-state index contributed by atoms with van der Waals surface area (Å²) in [5.74, 6) is -0.233. The molecule has 0 spiro atoms. The zero-order valence-corrected chi connectivity index (χ0v) is 15.7. The van der Waals surface area contributed by atoms with Crippen molar-refractivity contribution < 1.29 is 13.2 Å². The predicted octanol–water partition coefficient (Wildman–Crippen LogP) is 2.42. The van der Waals surface area contributed by atoms with Crippen LogP contribution in [0.15, 0.2) is 54.6 Å². The number of carbonyl (C=O) groups excluding carboxylic acids is 1. The highest BCUT2D eigenvalue weighted by Gasteiger charge is 2.23. The number of likely N-dealkylation sites (N-methyl/N-ethyl adjacent to an activating group) is 1. The SMILES string of the molecule is Cc1ccccc1CN(CC(=O)N(C)Cc1ccccc1)S(C)(=O)=O. The maximum absolute atomic E-state index is 12.5. The molecule has 6 heteroatoms. The molecule has 2 aromatic carbocycles. The van der Waals surface area contributed by atoms with Crippen LogP contribution < -0.4 is 0 Å². The number of benzene rings is 2. The fraction of sp³-hybridized carbons (Fsp3) is 0.316. The molecule has 5 nitrogen and oxygen atoms in total. The van der Waals surface area contributed by atoms with Gasteiger partial charge in [-0.1, -0.05) is 54.6 Å². The van der Waals surface area contributed by atoms with Crippen LogP contribution in [0.25, 0.3) is 0 Å². The first-order valence-electron chi connectivity index (χ1n) is 8.05. The highest BCUT2D eigenvalue weighted by atomic mass is 32.2. The number of aryl methyl sites for hydroxylation is 1. The average molecular weight is 360 g/mol. The van der Waals surface area contributed by atoms with Crippen LogP contribution in [0.5, 0.6) is 0 Å². The van der Waals surface area contributed by atoms with Crippen molar-refractivity contribution in [3.8, 4) is 0 Å². The minimum Gasteiger partial charge on any atom is -0.340 e. The molecule has 0 bridgehead atoms. The maximum Gasteiger partial charge on any atom is 0.237 e. The number of nitrogens with zero attached hydrogens (tertiary/aromatic N) is 2. The van der Waals surface area contributed by atoms with Gasteiger partial charge in [-0.25, -0.2) is 8.42 Å². The minimum absolute atomic E-state index is 0.170. The second kappa shape index (κ2) is 8.27. The van der Waals surface area contributed by atoms with E-state index in [2.05, 4.69) is 0 Å². The molecule has 134 valence electrons. The molecule has 0 radical (unpaired) electrons. The van der Waals surface area contributed by atoms with E-state index in [0.717, 1.165) is 22.9 Å². The fourth-order valence-corrected chi connectivity index (χ4v) is 3.20. The van der Waals surface area contributed by atoms with E-state index < -0.39 is 10.0 Å². The Balaban J connectivity index is 2.09. The molecular weight excluding hydrogens is 336 g/mol. The topological polar surface area (TPSA) is 57.7 Å². The monoisotopic (exact) mass is 360 g/mol.